The van der Waals surface area contributed by atoms with Crippen molar-refractivity contribution in [3.8, 4) is 0 Å². The number of aromatic nitrogens is 1. The molecule has 0 spiro atoms. The summed E-state index contributed by atoms with van der Waals surface area (Å²) in [6.07, 6.45) is 2.39. The minimum Gasteiger partial charge on any atom is -0.388 e. The quantitative estimate of drug-likeness (QED) is 0.860. The van der Waals surface area contributed by atoms with Crippen molar-refractivity contribution in [1.29, 1.82) is 0 Å². The van der Waals surface area contributed by atoms with Crippen LogP contribution >= 0.6 is 0 Å². The lowest BCUT2D eigenvalue weighted by Crippen LogP contribution is -2.32. The molecule has 1 aromatic rings. The first-order valence-electron chi connectivity index (χ1n) is 6.72. The minimum atomic E-state index is -0.366. The molecule has 0 saturated heterocycles. The monoisotopic (exact) mass is 250 g/mol. The fourth-order valence-electron chi connectivity index (χ4n) is 2.88. The molecule has 0 aromatic carbocycles. The molecule has 1 aliphatic carbocycles. The summed E-state index contributed by atoms with van der Waals surface area (Å²) in [7, 11) is 0. The van der Waals surface area contributed by atoms with Gasteiger partial charge in [0.2, 0.25) is 5.91 Å². The van der Waals surface area contributed by atoms with E-state index in [2.05, 4.69) is 9.88 Å². The Balaban J connectivity index is 2.36. The van der Waals surface area contributed by atoms with Gasteiger partial charge in [-0.2, -0.15) is 0 Å². The van der Waals surface area contributed by atoms with E-state index in [-0.39, 0.29) is 18.1 Å². The Kier molecular flexibility index (Phi) is 3.76. The molecule has 2 atom stereocenters. The van der Waals surface area contributed by atoms with Gasteiger partial charge in [0.25, 0.3) is 0 Å². The largest absolute Gasteiger partial charge is 0.388 e. The van der Waals surface area contributed by atoms with Gasteiger partial charge in [-0.1, -0.05) is 0 Å². The number of carbonyl (C=O) groups is 1. The number of nitrogens with one attached hydrogen (secondary N) is 1. The van der Waals surface area contributed by atoms with Crippen LogP contribution < -0.4 is 5.32 Å². The molecular weight excluding hydrogens is 228 g/mol. The van der Waals surface area contributed by atoms with Crippen molar-refractivity contribution in [2.24, 2.45) is 0 Å². The molecule has 100 valence electrons. The average Bonchev–Trinajstić information content (AvgIpc) is 2.66. The van der Waals surface area contributed by atoms with E-state index in [0.717, 1.165) is 36.2 Å². The molecule has 1 aromatic heterocycles. The van der Waals surface area contributed by atoms with Crippen molar-refractivity contribution in [1.82, 2.24) is 9.88 Å². The number of hydrogen-bond donors (Lipinski definition) is 2. The number of amides is 1. The third-order valence-corrected chi connectivity index (χ3v) is 3.74. The maximum atomic E-state index is 12.0. The van der Waals surface area contributed by atoms with E-state index in [1.165, 1.54) is 0 Å². The summed E-state index contributed by atoms with van der Waals surface area (Å²) in [6, 6.07) is 1.81. The fourth-order valence-corrected chi connectivity index (χ4v) is 2.88. The lowest BCUT2D eigenvalue weighted by atomic mass is 9.95. The molecule has 0 radical (unpaired) electrons. The Morgan fingerprint density at radius 2 is 2.39 bits per heavy atom. The zero-order chi connectivity index (χ0) is 13.3. The summed E-state index contributed by atoms with van der Waals surface area (Å²) < 4.78 is 2.07. The highest BCUT2D eigenvalue weighted by Crippen LogP contribution is 2.33. The van der Waals surface area contributed by atoms with Crippen molar-refractivity contribution in [3.05, 3.63) is 23.0 Å². The van der Waals surface area contributed by atoms with Crippen LogP contribution in [0.4, 0.5) is 0 Å². The lowest BCUT2D eigenvalue weighted by Gasteiger charge is -2.23. The van der Waals surface area contributed by atoms with Crippen LogP contribution in [0.25, 0.3) is 0 Å². The van der Waals surface area contributed by atoms with E-state index in [4.69, 9.17) is 0 Å². The van der Waals surface area contributed by atoms with Gasteiger partial charge in [-0.25, -0.2) is 0 Å². The second-order valence-electron chi connectivity index (χ2n) is 5.04. The van der Waals surface area contributed by atoms with E-state index >= 15 is 0 Å². The van der Waals surface area contributed by atoms with Crippen molar-refractivity contribution in [2.75, 3.05) is 6.54 Å². The number of fused-ring (bicyclic) bond motifs is 1. The van der Waals surface area contributed by atoms with Crippen LogP contribution in [-0.2, 0) is 11.2 Å². The summed E-state index contributed by atoms with van der Waals surface area (Å²) >= 11 is 0. The van der Waals surface area contributed by atoms with Crippen LogP contribution in [0.2, 0.25) is 0 Å². The first kappa shape index (κ1) is 13.1. The maximum absolute atomic E-state index is 12.0. The number of aliphatic hydroxyl groups excluding tert-OH is 1. The number of carbonyl (C=O) groups excluding carboxylic acids is 1. The molecule has 4 heteroatoms. The zero-order valence-corrected chi connectivity index (χ0v) is 11.4. The van der Waals surface area contributed by atoms with Gasteiger partial charge in [0.1, 0.15) is 6.04 Å². The van der Waals surface area contributed by atoms with Gasteiger partial charge in [0.05, 0.1) is 6.10 Å². The highest BCUT2D eigenvalue weighted by molar-refractivity contribution is 5.80. The van der Waals surface area contributed by atoms with Crippen molar-refractivity contribution in [2.45, 2.75) is 52.2 Å². The molecule has 0 bridgehead atoms. The van der Waals surface area contributed by atoms with Crippen LogP contribution in [0.1, 0.15) is 55.8 Å². The molecule has 2 rings (SSSR count). The Morgan fingerprint density at radius 3 is 3.06 bits per heavy atom. The van der Waals surface area contributed by atoms with Crippen molar-refractivity contribution in [3.63, 3.8) is 0 Å². The van der Waals surface area contributed by atoms with E-state index in [0.29, 0.717) is 6.54 Å². The number of rotatable bonds is 3. The predicted molar refractivity (Wildman–Crippen MR) is 70.5 cm³/mol. The zero-order valence-electron chi connectivity index (χ0n) is 11.4. The summed E-state index contributed by atoms with van der Waals surface area (Å²) in [5.41, 5.74) is 3.19. The number of likely N-dealkylation sites (N-methyl/N-ethyl adjacent to an activating group) is 1. The number of aryl methyl sites for hydroxylation is 1. The van der Waals surface area contributed by atoms with Gasteiger partial charge in [0.15, 0.2) is 0 Å². The molecule has 2 N–H and O–H groups in total. The summed E-state index contributed by atoms with van der Waals surface area (Å²) in [5.74, 6) is 0.0408. The highest BCUT2D eigenvalue weighted by Gasteiger charge is 2.26. The number of hydrogen-bond acceptors (Lipinski definition) is 2. The summed E-state index contributed by atoms with van der Waals surface area (Å²) in [5, 5.41) is 12.9. The van der Waals surface area contributed by atoms with Crippen LogP contribution in [-0.4, -0.2) is 22.1 Å². The fraction of sp³-hybridized carbons (Fsp3) is 0.643. The molecule has 0 aliphatic heterocycles. The highest BCUT2D eigenvalue weighted by atomic mass is 16.3. The summed E-state index contributed by atoms with van der Waals surface area (Å²) in [6.45, 7) is 6.49. The van der Waals surface area contributed by atoms with Gasteiger partial charge in [-0.15, -0.1) is 0 Å². The van der Waals surface area contributed by atoms with Crippen molar-refractivity contribution < 1.29 is 9.90 Å². The Morgan fingerprint density at radius 1 is 1.67 bits per heavy atom. The molecule has 1 heterocycles. The van der Waals surface area contributed by atoms with E-state index in [9.17, 15) is 9.90 Å². The van der Waals surface area contributed by atoms with Crippen LogP contribution in [0, 0.1) is 6.92 Å². The summed E-state index contributed by atoms with van der Waals surface area (Å²) in [4.78, 5) is 12.0. The first-order chi connectivity index (χ1) is 8.56. The molecule has 0 saturated carbocycles. The van der Waals surface area contributed by atoms with Crippen LogP contribution in [0.15, 0.2) is 6.07 Å². The third-order valence-electron chi connectivity index (χ3n) is 3.74. The Hall–Kier alpha value is -1.29. The maximum Gasteiger partial charge on any atom is 0.242 e. The topological polar surface area (TPSA) is 54.3 Å². The standard InChI is InChI=1S/C14H22N2O2/c1-4-15-14(18)10(3)16-9(2)8-11-12(16)6-5-7-13(11)17/h8,10,13,17H,4-7H2,1-3H3,(H,15,18). The SMILES string of the molecule is CCNC(=O)C(C)n1c(C)cc2c1CCCC2O. The normalized spacial score (nSPS) is 20.3. The Labute approximate surface area is 108 Å². The van der Waals surface area contributed by atoms with Crippen LogP contribution in [0.5, 0.6) is 0 Å². The second kappa shape index (κ2) is 5.14. The molecule has 4 nitrogen and oxygen atoms in total. The predicted octanol–water partition coefficient (Wildman–Crippen LogP) is 1.86. The Bertz CT molecular complexity index is 451. The van der Waals surface area contributed by atoms with Crippen molar-refractivity contribution >= 4 is 5.91 Å². The second-order valence-corrected chi connectivity index (χ2v) is 5.04. The molecule has 18 heavy (non-hydrogen) atoms. The molecule has 0 fully saturated rings. The van der Waals surface area contributed by atoms with Gasteiger partial charge >= 0.3 is 0 Å². The van der Waals surface area contributed by atoms with Gasteiger partial charge < -0.3 is 15.0 Å². The first-order valence-corrected chi connectivity index (χ1v) is 6.72. The number of nitrogens with zero attached hydrogens (tertiary/aromatic N) is 1. The minimum absolute atomic E-state index is 0.0408. The lowest BCUT2D eigenvalue weighted by molar-refractivity contribution is -0.123. The molecule has 2 unspecified atom stereocenters. The van der Waals surface area contributed by atoms with E-state index in [1.807, 2.05) is 26.8 Å². The molecule has 1 aliphatic rings. The molecular formula is C14H22N2O2. The van der Waals surface area contributed by atoms with Gasteiger partial charge in [-0.05, 0) is 46.1 Å². The third kappa shape index (κ3) is 2.17. The van der Waals surface area contributed by atoms with E-state index < -0.39 is 0 Å². The van der Waals surface area contributed by atoms with Crippen LogP contribution in [0.3, 0.4) is 0 Å². The number of aliphatic hydroxyl groups is 1. The smallest absolute Gasteiger partial charge is 0.242 e. The van der Waals surface area contributed by atoms with Gasteiger partial charge in [0, 0.05) is 23.5 Å². The van der Waals surface area contributed by atoms with Gasteiger partial charge in [-0.3, -0.25) is 4.79 Å². The molecule has 1 amide bonds. The van der Waals surface area contributed by atoms with E-state index in [1.54, 1.807) is 0 Å². The average molecular weight is 250 g/mol.